The Balaban J connectivity index is 1.19. The maximum Gasteiger partial charge on any atom is 0.251 e. The fraction of sp³-hybridized carbons (Fsp3) is 0.440. The molecule has 2 N–H and O–H groups in total. The van der Waals surface area contributed by atoms with Crippen LogP contribution in [-0.4, -0.2) is 48.4 Å². The first-order chi connectivity index (χ1) is 15.2. The summed E-state index contributed by atoms with van der Waals surface area (Å²) in [5.74, 6) is -0.00475. The summed E-state index contributed by atoms with van der Waals surface area (Å²) in [5, 5.41) is 6.22. The van der Waals surface area contributed by atoms with Gasteiger partial charge in [0.05, 0.1) is 11.4 Å². The molecular weight excluding hydrogens is 388 g/mol. The Bertz CT molecular complexity index is 953. The van der Waals surface area contributed by atoms with Gasteiger partial charge in [-0.25, -0.2) is 0 Å². The summed E-state index contributed by atoms with van der Waals surface area (Å²) in [6.07, 6.45) is 5.00. The van der Waals surface area contributed by atoms with Gasteiger partial charge in [-0.15, -0.1) is 0 Å². The van der Waals surface area contributed by atoms with Gasteiger partial charge in [-0.3, -0.25) is 14.5 Å². The summed E-state index contributed by atoms with van der Waals surface area (Å²) >= 11 is 0. The molecule has 0 saturated carbocycles. The molecule has 6 heteroatoms. The number of amides is 2. The number of piperidine rings is 2. The standard InChI is InChI=1S/C25H30N4O2/c30-24(26-20-11-14-28(15-12-20)17-18-6-2-1-3-7-18)19-9-10-22-21(16-19)27-25(31)23-8-4-5-13-29(22)23/h1-3,6-7,9-10,16,20,23H,4-5,8,11-15,17H2,(H,26,30)(H,27,31)/t23-/m1/s1. The monoisotopic (exact) mass is 418 g/mol. The van der Waals surface area contributed by atoms with E-state index in [1.807, 2.05) is 24.3 Å². The lowest BCUT2D eigenvalue weighted by molar-refractivity contribution is -0.118. The van der Waals surface area contributed by atoms with Crippen molar-refractivity contribution in [3.05, 3.63) is 59.7 Å². The lowest BCUT2D eigenvalue weighted by atomic mass is 9.96. The highest BCUT2D eigenvalue weighted by Crippen LogP contribution is 2.36. The van der Waals surface area contributed by atoms with E-state index in [0.717, 1.165) is 69.7 Å². The summed E-state index contributed by atoms with van der Waals surface area (Å²) in [7, 11) is 0. The maximum absolute atomic E-state index is 12.9. The van der Waals surface area contributed by atoms with Crippen LogP contribution in [0.5, 0.6) is 0 Å². The molecule has 2 amide bonds. The second kappa shape index (κ2) is 8.71. The Labute approximate surface area is 183 Å². The van der Waals surface area contributed by atoms with E-state index < -0.39 is 0 Å². The van der Waals surface area contributed by atoms with Crippen LogP contribution < -0.4 is 15.5 Å². The van der Waals surface area contributed by atoms with E-state index in [1.165, 1.54) is 5.56 Å². The smallest absolute Gasteiger partial charge is 0.251 e. The van der Waals surface area contributed by atoms with Gasteiger partial charge >= 0.3 is 0 Å². The van der Waals surface area contributed by atoms with Crippen LogP contribution in [0, 0.1) is 0 Å². The molecule has 2 aromatic rings. The molecule has 0 unspecified atom stereocenters. The Morgan fingerprint density at radius 3 is 2.61 bits per heavy atom. The zero-order chi connectivity index (χ0) is 21.2. The van der Waals surface area contributed by atoms with Gasteiger partial charge in [-0.1, -0.05) is 30.3 Å². The lowest BCUT2D eigenvalue weighted by Crippen LogP contribution is -2.50. The maximum atomic E-state index is 12.9. The average molecular weight is 419 g/mol. The highest BCUT2D eigenvalue weighted by atomic mass is 16.2. The molecule has 6 nitrogen and oxygen atoms in total. The molecule has 3 aliphatic heterocycles. The quantitative estimate of drug-likeness (QED) is 0.799. The van der Waals surface area contributed by atoms with Gasteiger partial charge in [0.1, 0.15) is 6.04 Å². The molecule has 31 heavy (non-hydrogen) atoms. The second-order valence-electron chi connectivity index (χ2n) is 8.94. The number of carbonyl (C=O) groups is 2. The minimum absolute atomic E-state index is 0.0514. The van der Waals surface area contributed by atoms with Gasteiger partial charge in [-0.2, -0.15) is 0 Å². The zero-order valence-corrected chi connectivity index (χ0v) is 17.8. The Morgan fingerprint density at radius 1 is 1.00 bits per heavy atom. The van der Waals surface area contributed by atoms with Crippen LogP contribution in [0.15, 0.2) is 48.5 Å². The van der Waals surface area contributed by atoms with E-state index in [1.54, 1.807) is 0 Å². The molecule has 2 saturated heterocycles. The summed E-state index contributed by atoms with van der Waals surface area (Å²) in [4.78, 5) is 30.0. The van der Waals surface area contributed by atoms with Crippen molar-refractivity contribution in [2.75, 3.05) is 29.9 Å². The van der Waals surface area contributed by atoms with Crippen molar-refractivity contribution in [2.45, 2.75) is 50.7 Å². The summed E-state index contributed by atoms with van der Waals surface area (Å²) in [5.41, 5.74) is 3.74. The molecule has 0 aliphatic carbocycles. The lowest BCUT2D eigenvalue weighted by Gasteiger charge is -2.41. The zero-order valence-electron chi connectivity index (χ0n) is 17.8. The number of rotatable bonds is 4. The van der Waals surface area contributed by atoms with Crippen LogP contribution >= 0.6 is 0 Å². The number of carbonyl (C=O) groups excluding carboxylic acids is 2. The second-order valence-corrected chi connectivity index (χ2v) is 8.94. The van der Waals surface area contributed by atoms with Crippen LogP contribution in [0.3, 0.4) is 0 Å². The third-order valence-electron chi connectivity index (χ3n) is 6.80. The Morgan fingerprint density at radius 2 is 1.81 bits per heavy atom. The van der Waals surface area contributed by atoms with Crippen LogP contribution in [0.4, 0.5) is 11.4 Å². The number of nitrogens with zero attached hydrogens (tertiary/aromatic N) is 2. The molecule has 2 aromatic carbocycles. The molecule has 1 atom stereocenters. The van der Waals surface area contributed by atoms with Crippen LogP contribution in [0.1, 0.15) is 48.0 Å². The van der Waals surface area contributed by atoms with E-state index in [9.17, 15) is 9.59 Å². The SMILES string of the molecule is O=C(NC1CCN(Cc2ccccc2)CC1)c1ccc2c(c1)NC(=O)[C@H]1CCCCN21. The minimum atomic E-state index is -0.0676. The summed E-state index contributed by atoms with van der Waals surface area (Å²) in [6, 6.07) is 16.4. The molecule has 3 aliphatic rings. The molecule has 0 radical (unpaired) electrons. The molecule has 0 bridgehead atoms. The van der Waals surface area contributed by atoms with Crippen LogP contribution in [0.2, 0.25) is 0 Å². The van der Waals surface area contributed by atoms with Crippen molar-refractivity contribution >= 4 is 23.2 Å². The number of fused-ring (bicyclic) bond motifs is 3. The number of likely N-dealkylation sites (tertiary alicyclic amines) is 1. The minimum Gasteiger partial charge on any atom is -0.358 e. The van der Waals surface area contributed by atoms with Crippen molar-refractivity contribution in [3.8, 4) is 0 Å². The van der Waals surface area contributed by atoms with E-state index in [4.69, 9.17) is 0 Å². The van der Waals surface area contributed by atoms with Crippen molar-refractivity contribution < 1.29 is 9.59 Å². The molecule has 162 valence electrons. The van der Waals surface area contributed by atoms with Gasteiger partial charge in [0.15, 0.2) is 0 Å². The third kappa shape index (κ3) is 4.30. The van der Waals surface area contributed by atoms with Gasteiger partial charge in [0, 0.05) is 37.8 Å². The topological polar surface area (TPSA) is 64.7 Å². The van der Waals surface area contributed by atoms with E-state index >= 15 is 0 Å². The number of nitrogens with one attached hydrogen (secondary N) is 2. The molecule has 2 fully saturated rings. The fourth-order valence-corrected chi connectivity index (χ4v) is 5.08. The molecule has 3 heterocycles. The van der Waals surface area contributed by atoms with Crippen molar-refractivity contribution in [2.24, 2.45) is 0 Å². The van der Waals surface area contributed by atoms with Gasteiger partial charge in [0.25, 0.3) is 5.91 Å². The molecule has 5 rings (SSSR count). The van der Waals surface area contributed by atoms with Crippen molar-refractivity contribution in [1.82, 2.24) is 10.2 Å². The van der Waals surface area contributed by atoms with E-state index in [2.05, 4.69) is 44.7 Å². The first-order valence-corrected chi connectivity index (χ1v) is 11.5. The highest BCUT2D eigenvalue weighted by Gasteiger charge is 2.34. The Kier molecular flexibility index (Phi) is 5.64. The number of anilines is 2. The van der Waals surface area contributed by atoms with Gasteiger partial charge < -0.3 is 15.5 Å². The number of hydrogen-bond acceptors (Lipinski definition) is 4. The van der Waals surface area contributed by atoms with Crippen LogP contribution in [0.25, 0.3) is 0 Å². The first kappa shape index (κ1) is 20.1. The van der Waals surface area contributed by atoms with Gasteiger partial charge in [-0.05, 0) is 55.9 Å². The largest absolute Gasteiger partial charge is 0.358 e. The molecular formula is C25H30N4O2. The normalized spacial score (nSPS) is 21.7. The van der Waals surface area contributed by atoms with Crippen molar-refractivity contribution in [3.63, 3.8) is 0 Å². The summed E-state index contributed by atoms with van der Waals surface area (Å²) < 4.78 is 0. The predicted molar refractivity (Wildman–Crippen MR) is 122 cm³/mol. The Hall–Kier alpha value is -2.86. The summed E-state index contributed by atoms with van der Waals surface area (Å²) in [6.45, 7) is 3.83. The average Bonchev–Trinajstić information content (AvgIpc) is 2.81. The molecule has 0 aromatic heterocycles. The van der Waals surface area contributed by atoms with Gasteiger partial charge in [0.2, 0.25) is 5.91 Å². The highest BCUT2D eigenvalue weighted by molar-refractivity contribution is 6.05. The first-order valence-electron chi connectivity index (χ1n) is 11.5. The fourth-order valence-electron chi connectivity index (χ4n) is 5.08. The number of benzene rings is 2. The van der Waals surface area contributed by atoms with E-state index in [-0.39, 0.29) is 23.9 Å². The number of hydrogen-bond donors (Lipinski definition) is 2. The van der Waals surface area contributed by atoms with Crippen LogP contribution in [-0.2, 0) is 11.3 Å². The van der Waals surface area contributed by atoms with E-state index in [0.29, 0.717) is 5.56 Å². The predicted octanol–water partition coefficient (Wildman–Crippen LogP) is 3.39. The van der Waals surface area contributed by atoms with Crippen molar-refractivity contribution in [1.29, 1.82) is 0 Å². The molecule has 0 spiro atoms. The third-order valence-corrected chi connectivity index (χ3v) is 6.80.